The Kier molecular flexibility index (Phi) is 13.0. The molecular formula is C30H49NO7Si. The lowest BCUT2D eigenvalue weighted by atomic mass is 9.88. The maximum absolute atomic E-state index is 12.8. The van der Waals surface area contributed by atoms with Crippen LogP contribution in [-0.2, 0) is 34.8 Å². The maximum Gasteiger partial charge on any atom is 0.407 e. The number of carbonyl (C=O) groups is 3. The summed E-state index contributed by atoms with van der Waals surface area (Å²) in [6.07, 6.45) is 4.64. The zero-order valence-electron chi connectivity index (χ0n) is 24.9. The zero-order chi connectivity index (χ0) is 29.1. The number of hydrogen-bond acceptors (Lipinski definition) is 7. The van der Waals surface area contributed by atoms with Gasteiger partial charge in [0, 0.05) is 44.2 Å². The largest absolute Gasteiger partial charge is 0.469 e. The van der Waals surface area contributed by atoms with Crippen LogP contribution in [0.4, 0.5) is 4.79 Å². The fourth-order valence-electron chi connectivity index (χ4n) is 4.87. The van der Waals surface area contributed by atoms with Gasteiger partial charge in [-0.25, -0.2) is 4.79 Å². The van der Waals surface area contributed by atoms with E-state index in [1.54, 1.807) is 0 Å². The molecule has 0 aromatic heterocycles. The second-order valence-corrected chi connectivity index (χ2v) is 16.9. The summed E-state index contributed by atoms with van der Waals surface area (Å²) < 4.78 is 22.7. The highest BCUT2D eigenvalue weighted by molar-refractivity contribution is 6.74. The van der Waals surface area contributed by atoms with Crippen LogP contribution in [0.5, 0.6) is 0 Å². The Morgan fingerprint density at radius 3 is 2.28 bits per heavy atom. The highest BCUT2D eigenvalue weighted by atomic mass is 28.4. The van der Waals surface area contributed by atoms with Gasteiger partial charge in [-0.05, 0) is 36.5 Å². The fraction of sp³-hybridized carbons (Fsp3) is 0.700. The quantitative estimate of drug-likeness (QED) is 0.121. The van der Waals surface area contributed by atoms with Crippen molar-refractivity contribution in [1.82, 2.24) is 5.32 Å². The number of benzene rings is 1. The molecule has 1 aromatic carbocycles. The van der Waals surface area contributed by atoms with Gasteiger partial charge in [-0.2, -0.15) is 0 Å². The number of alkyl carbamates (subject to hydrolysis) is 1. The van der Waals surface area contributed by atoms with Crippen LogP contribution in [0.1, 0.15) is 78.2 Å². The standard InChI is InChI=1S/C30H49NO7Si/c1-22(32)38-27-19-26(31-29(34)36-20-23-15-11-10-12-16-23)25(21-37-39(6,7)30(2,3)4)24(27)17-13-8-9-14-18-28(33)35-5/h10-12,15-16,24-27H,8-9,13-14,17-21H2,1-7H3,(H,31,34). The molecule has 2 rings (SSSR count). The van der Waals surface area contributed by atoms with E-state index in [0.29, 0.717) is 19.4 Å². The molecule has 1 N–H and O–H groups in total. The molecule has 0 bridgehead atoms. The van der Waals surface area contributed by atoms with Crippen LogP contribution in [0.3, 0.4) is 0 Å². The molecule has 0 spiro atoms. The molecule has 0 heterocycles. The van der Waals surface area contributed by atoms with Crippen molar-refractivity contribution in [3.63, 3.8) is 0 Å². The Morgan fingerprint density at radius 2 is 1.67 bits per heavy atom. The fourth-order valence-corrected chi connectivity index (χ4v) is 5.91. The number of carbonyl (C=O) groups excluding carboxylic acids is 3. The number of unbranched alkanes of at least 4 members (excludes halogenated alkanes) is 3. The van der Waals surface area contributed by atoms with E-state index in [4.69, 9.17) is 18.6 Å². The minimum Gasteiger partial charge on any atom is -0.469 e. The Bertz CT molecular complexity index is 916. The van der Waals surface area contributed by atoms with Crippen LogP contribution in [-0.4, -0.2) is 52.2 Å². The topological polar surface area (TPSA) is 100 Å². The smallest absolute Gasteiger partial charge is 0.407 e. The highest BCUT2D eigenvalue weighted by Crippen LogP contribution is 2.42. The van der Waals surface area contributed by atoms with Gasteiger partial charge in [0.2, 0.25) is 0 Å². The number of esters is 2. The van der Waals surface area contributed by atoms with E-state index in [2.05, 4.69) is 39.2 Å². The summed E-state index contributed by atoms with van der Waals surface area (Å²) in [4.78, 5) is 36.2. The Balaban J connectivity index is 2.11. The van der Waals surface area contributed by atoms with Crippen molar-refractivity contribution in [2.24, 2.45) is 11.8 Å². The van der Waals surface area contributed by atoms with Gasteiger partial charge in [-0.1, -0.05) is 70.4 Å². The molecule has 8 nitrogen and oxygen atoms in total. The molecule has 1 aliphatic carbocycles. The molecule has 4 atom stereocenters. The van der Waals surface area contributed by atoms with Gasteiger partial charge in [-0.3, -0.25) is 9.59 Å². The Labute approximate surface area is 235 Å². The lowest BCUT2D eigenvalue weighted by Crippen LogP contribution is -2.46. The second-order valence-electron chi connectivity index (χ2n) is 12.1. The average Bonchev–Trinajstić information content (AvgIpc) is 3.17. The van der Waals surface area contributed by atoms with Crippen molar-refractivity contribution in [3.8, 4) is 0 Å². The summed E-state index contributed by atoms with van der Waals surface area (Å²) in [6, 6.07) is 9.33. The number of nitrogens with one attached hydrogen (secondary N) is 1. The van der Waals surface area contributed by atoms with E-state index in [9.17, 15) is 14.4 Å². The first-order valence-corrected chi connectivity index (χ1v) is 17.1. The molecule has 0 aliphatic heterocycles. The molecule has 9 heteroatoms. The molecule has 0 radical (unpaired) electrons. The van der Waals surface area contributed by atoms with Gasteiger partial charge in [0.25, 0.3) is 0 Å². The molecule has 1 aromatic rings. The van der Waals surface area contributed by atoms with Crippen molar-refractivity contribution in [2.45, 2.75) is 110 Å². The minimum absolute atomic E-state index is 0.0113. The number of methoxy groups -OCH3 is 1. The first kappa shape index (κ1) is 32.8. The maximum atomic E-state index is 12.8. The minimum atomic E-state index is -2.04. The summed E-state index contributed by atoms with van der Waals surface area (Å²) in [6.45, 7) is 13.2. The zero-order valence-corrected chi connectivity index (χ0v) is 25.9. The van der Waals surface area contributed by atoms with Crippen LogP contribution in [0.25, 0.3) is 0 Å². The predicted octanol–water partition coefficient (Wildman–Crippen LogP) is 6.38. The van der Waals surface area contributed by atoms with Crippen LogP contribution >= 0.6 is 0 Å². The van der Waals surface area contributed by atoms with Crippen molar-refractivity contribution < 1.29 is 33.0 Å². The summed E-state index contributed by atoms with van der Waals surface area (Å²) in [5, 5.41) is 3.12. The average molecular weight is 564 g/mol. The van der Waals surface area contributed by atoms with E-state index < -0.39 is 14.4 Å². The normalized spacial score (nSPS) is 21.3. The van der Waals surface area contributed by atoms with E-state index in [-0.39, 0.29) is 47.6 Å². The van der Waals surface area contributed by atoms with Crippen LogP contribution < -0.4 is 5.32 Å². The van der Waals surface area contributed by atoms with Crippen molar-refractivity contribution in [2.75, 3.05) is 13.7 Å². The third-order valence-electron chi connectivity index (χ3n) is 8.20. The van der Waals surface area contributed by atoms with Crippen LogP contribution in [0.2, 0.25) is 18.1 Å². The summed E-state index contributed by atoms with van der Waals surface area (Å²) in [5.74, 6) is -0.461. The first-order chi connectivity index (χ1) is 18.3. The van der Waals surface area contributed by atoms with Gasteiger partial charge in [-0.15, -0.1) is 0 Å². The van der Waals surface area contributed by atoms with Gasteiger partial charge in [0.05, 0.1) is 7.11 Å². The Hall–Kier alpha value is -2.39. The van der Waals surface area contributed by atoms with Crippen molar-refractivity contribution in [3.05, 3.63) is 35.9 Å². The van der Waals surface area contributed by atoms with E-state index >= 15 is 0 Å². The molecule has 4 unspecified atom stereocenters. The second kappa shape index (κ2) is 15.4. The van der Waals surface area contributed by atoms with Crippen LogP contribution in [0, 0.1) is 11.8 Å². The molecular weight excluding hydrogens is 514 g/mol. The number of hydrogen-bond donors (Lipinski definition) is 1. The SMILES string of the molecule is COC(=O)CCCCCCC1C(OC(C)=O)CC(NC(=O)OCc2ccccc2)C1CO[Si](C)(C)C(C)(C)C. The van der Waals surface area contributed by atoms with Crippen LogP contribution in [0.15, 0.2) is 30.3 Å². The molecule has 1 amide bonds. The lowest BCUT2D eigenvalue weighted by Gasteiger charge is -2.38. The first-order valence-electron chi connectivity index (χ1n) is 14.2. The number of ether oxygens (including phenoxy) is 3. The van der Waals surface area contributed by atoms with Crippen molar-refractivity contribution in [1.29, 1.82) is 0 Å². The van der Waals surface area contributed by atoms with E-state index in [1.165, 1.54) is 14.0 Å². The molecule has 1 aliphatic rings. The molecule has 0 saturated heterocycles. The summed E-state index contributed by atoms with van der Waals surface area (Å²) in [7, 11) is -0.635. The Morgan fingerprint density at radius 1 is 1.00 bits per heavy atom. The monoisotopic (exact) mass is 563 g/mol. The molecule has 1 saturated carbocycles. The molecule has 220 valence electrons. The molecule has 1 fully saturated rings. The summed E-state index contributed by atoms with van der Waals surface area (Å²) in [5.41, 5.74) is 0.916. The number of rotatable bonds is 14. The van der Waals surface area contributed by atoms with E-state index in [1.807, 2.05) is 30.3 Å². The van der Waals surface area contributed by atoms with Crippen molar-refractivity contribution >= 4 is 26.3 Å². The van der Waals surface area contributed by atoms with Gasteiger partial charge in [0.1, 0.15) is 12.7 Å². The summed E-state index contributed by atoms with van der Waals surface area (Å²) >= 11 is 0. The van der Waals surface area contributed by atoms with E-state index in [0.717, 1.165) is 37.7 Å². The van der Waals surface area contributed by atoms with Gasteiger partial charge >= 0.3 is 18.0 Å². The number of amides is 1. The third-order valence-corrected chi connectivity index (χ3v) is 12.7. The van der Waals surface area contributed by atoms with Gasteiger partial charge < -0.3 is 24.0 Å². The third kappa shape index (κ3) is 10.9. The molecule has 39 heavy (non-hydrogen) atoms. The van der Waals surface area contributed by atoms with Gasteiger partial charge in [0.15, 0.2) is 8.32 Å². The predicted molar refractivity (Wildman–Crippen MR) is 154 cm³/mol. The lowest BCUT2D eigenvalue weighted by molar-refractivity contribution is -0.148. The highest BCUT2D eigenvalue weighted by Gasteiger charge is 2.47.